The molecule has 1 aromatic carbocycles. The third-order valence-corrected chi connectivity index (χ3v) is 5.04. The maximum Gasteiger partial charge on any atom is 0.223 e. The van der Waals surface area contributed by atoms with Crippen molar-refractivity contribution in [2.75, 3.05) is 24.5 Å². The summed E-state index contributed by atoms with van der Waals surface area (Å²) >= 11 is 0. The largest absolute Gasteiger partial charge is 0.356 e. The Hall–Kier alpha value is -3.02. The van der Waals surface area contributed by atoms with Crippen molar-refractivity contribution in [1.82, 2.24) is 20.3 Å². The summed E-state index contributed by atoms with van der Waals surface area (Å²) in [4.78, 5) is 28.1. The SMILES string of the molecule is CCNC(=O)C1CCN(c2nc(-c3ccncc3)nc3ccccc23)CC1. The van der Waals surface area contributed by atoms with E-state index in [2.05, 4.69) is 21.3 Å². The van der Waals surface area contributed by atoms with E-state index in [9.17, 15) is 4.79 Å². The zero-order valence-corrected chi connectivity index (χ0v) is 15.4. The fourth-order valence-electron chi connectivity index (χ4n) is 3.60. The first-order valence-corrected chi connectivity index (χ1v) is 9.46. The number of carbonyl (C=O) groups is 1. The number of para-hydroxylation sites is 1. The van der Waals surface area contributed by atoms with Crippen molar-refractivity contribution < 1.29 is 4.79 Å². The molecular formula is C21H23N5O. The minimum atomic E-state index is 0.0916. The van der Waals surface area contributed by atoms with Gasteiger partial charge in [0.05, 0.1) is 5.52 Å². The van der Waals surface area contributed by atoms with Crippen molar-refractivity contribution >= 4 is 22.6 Å². The molecule has 0 saturated carbocycles. The minimum Gasteiger partial charge on any atom is -0.356 e. The van der Waals surface area contributed by atoms with Crippen LogP contribution >= 0.6 is 0 Å². The zero-order valence-electron chi connectivity index (χ0n) is 15.4. The predicted octanol–water partition coefficient (Wildman–Crippen LogP) is 3.04. The Morgan fingerprint density at radius 3 is 2.59 bits per heavy atom. The number of piperidine rings is 1. The number of anilines is 1. The van der Waals surface area contributed by atoms with E-state index < -0.39 is 0 Å². The van der Waals surface area contributed by atoms with E-state index in [0.29, 0.717) is 12.4 Å². The third kappa shape index (κ3) is 3.60. The Kier molecular flexibility index (Phi) is 4.96. The van der Waals surface area contributed by atoms with Gasteiger partial charge in [0.25, 0.3) is 0 Å². The Morgan fingerprint density at radius 1 is 1.11 bits per heavy atom. The summed E-state index contributed by atoms with van der Waals surface area (Å²) in [5.41, 5.74) is 1.88. The van der Waals surface area contributed by atoms with Crippen molar-refractivity contribution in [3.8, 4) is 11.4 Å². The summed E-state index contributed by atoms with van der Waals surface area (Å²) in [5.74, 6) is 1.91. The van der Waals surface area contributed by atoms with E-state index in [4.69, 9.17) is 9.97 Å². The van der Waals surface area contributed by atoms with E-state index in [1.54, 1.807) is 12.4 Å². The molecule has 1 fully saturated rings. The summed E-state index contributed by atoms with van der Waals surface area (Å²) in [5, 5.41) is 3.99. The first kappa shape index (κ1) is 17.4. The molecule has 1 aliphatic rings. The molecular weight excluding hydrogens is 338 g/mol. The molecule has 6 heteroatoms. The molecule has 1 saturated heterocycles. The highest BCUT2D eigenvalue weighted by molar-refractivity contribution is 5.91. The Bertz CT molecular complexity index is 936. The number of aromatic nitrogens is 3. The molecule has 0 bridgehead atoms. The van der Waals surface area contributed by atoms with E-state index in [0.717, 1.165) is 48.2 Å². The van der Waals surface area contributed by atoms with Gasteiger partial charge in [0.1, 0.15) is 5.82 Å². The molecule has 4 rings (SSSR count). The standard InChI is InChI=1S/C21H23N5O/c1-2-23-21(27)16-9-13-26(14-10-16)20-17-5-3-4-6-18(17)24-19(25-20)15-7-11-22-12-8-15/h3-8,11-12,16H,2,9-10,13-14H2,1H3,(H,23,27). The minimum absolute atomic E-state index is 0.0916. The molecule has 0 atom stereocenters. The van der Waals surface area contributed by atoms with Crippen LogP contribution in [-0.4, -0.2) is 40.5 Å². The van der Waals surface area contributed by atoms with Crippen LogP contribution in [0, 0.1) is 5.92 Å². The number of fused-ring (bicyclic) bond motifs is 1. The second kappa shape index (κ2) is 7.70. The van der Waals surface area contributed by atoms with Crippen molar-refractivity contribution in [1.29, 1.82) is 0 Å². The lowest BCUT2D eigenvalue weighted by molar-refractivity contribution is -0.125. The number of rotatable bonds is 4. The van der Waals surface area contributed by atoms with Gasteiger partial charge in [-0.2, -0.15) is 0 Å². The molecule has 1 amide bonds. The van der Waals surface area contributed by atoms with E-state index in [-0.39, 0.29) is 11.8 Å². The summed E-state index contributed by atoms with van der Waals surface area (Å²) in [6.07, 6.45) is 5.19. The number of hydrogen-bond donors (Lipinski definition) is 1. The number of hydrogen-bond acceptors (Lipinski definition) is 5. The highest BCUT2D eigenvalue weighted by atomic mass is 16.1. The van der Waals surface area contributed by atoms with E-state index >= 15 is 0 Å². The topological polar surface area (TPSA) is 71.0 Å². The molecule has 138 valence electrons. The van der Waals surface area contributed by atoms with E-state index in [1.807, 2.05) is 37.3 Å². The highest BCUT2D eigenvalue weighted by Gasteiger charge is 2.26. The molecule has 27 heavy (non-hydrogen) atoms. The molecule has 1 aliphatic heterocycles. The molecule has 3 heterocycles. The Labute approximate surface area is 158 Å². The number of carbonyl (C=O) groups excluding carboxylic acids is 1. The third-order valence-electron chi connectivity index (χ3n) is 5.04. The van der Waals surface area contributed by atoms with E-state index in [1.165, 1.54) is 0 Å². The monoisotopic (exact) mass is 361 g/mol. The van der Waals surface area contributed by atoms with Gasteiger partial charge in [0, 0.05) is 48.9 Å². The van der Waals surface area contributed by atoms with Crippen LogP contribution in [0.15, 0.2) is 48.8 Å². The predicted molar refractivity (Wildman–Crippen MR) is 106 cm³/mol. The summed E-state index contributed by atoms with van der Waals surface area (Å²) < 4.78 is 0. The van der Waals surface area contributed by atoms with Crippen LogP contribution in [-0.2, 0) is 4.79 Å². The normalized spacial score (nSPS) is 15.1. The molecule has 0 spiro atoms. The number of pyridine rings is 1. The lowest BCUT2D eigenvalue weighted by Crippen LogP contribution is -2.41. The van der Waals surface area contributed by atoms with Gasteiger partial charge >= 0.3 is 0 Å². The van der Waals surface area contributed by atoms with Crippen molar-refractivity contribution in [3.05, 3.63) is 48.8 Å². The number of nitrogens with zero attached hydrogens (tertiary/aromatic N) is 4. The molecule has 0 unspecified atom stereocenters. The first-order valence-electron chi connectivity index (χ1n) is 9.46. The Morgan fingerprint density at radius 2 is 1.85 bits per heavy atom. The molecule has 1 N–H and O–H groups in total. The molecule has 2 aromatic heterocycles. The van der Waals surface area contributed by atoms with Crippen molar-refractivity contribution in [2.24, 2.45) is 5.92 Å². The van der Waals surface area contributed by atoms with Crippen molar-refractivity contribution in [3.63, 3.8) is 0 Å². The molecule has 0 aliphatic carbocycles. The van der Waals surface area contributed by atoms with Crippen molar-refractivity contribution in [2.45, 2.75) is 19.8 Å². The van der Waals surface area contributed by atoms with Gasteiger partial charge < -0.3 is 10.2 Å². The lowest BCUT2D eigenvalue weighted by atomic mass is 9.95. The van der Waals surface area contributed by atoms with Gasteiger partial charge in [-0.05, 0) is 44.0 Å². The first-order chi connectivity index (χ1) is 13.3. The quantitative estimate of drug-likeness (QED) is 0.773. The molecule has 6 nitrogen and oxygen atoms in total. The van der Waals surface area contributed by atoms with Crippen LogP contribution in [0.5, 0.6) is 0 Å². The summed E-state index contributed by atoms with van der Waals surface area (Å²) in [6.45, 7) is 4.28. The van der Waals surface area contributed by atoms with Crippen LogP contribution in [0.4, 0.5) is 5.82 Å². The maximum atomic E-state index is 12.1. The second-order valence-electron chi connectivity index (χ2n) is 6.78. The molecule has 0 radical (unpaired) electrons. The van der Waals surface area contributed by atoms with Crippen LogP contribution in [0.1, 0.15) is 19.8 Å². The molecule has 3 aromatic rings. The Balaban J connectivity index is 1.66. The van der Waals surface area contributed by atoms with Gasteiger partial charge in [-0.15, -0.1) is 0 Å². The summed E-state index contributed by atoms with van der Waals surface area (Å²) in [6, 6.07) is 12.0. The van der Waals surface area contributed by atoms with Gasteiger partial charge in [-0.3, -0.25) is 9.78 Å². The van der Waals surface area contributed by atoms with Gasteiger partial charge in [0.2, 0.25) is 5.91 Å². The second-order valence-corrected chi connectivity index (χ2v) is 6.78. The summed E-state index contributed by atoms with van der Waals surface area (Å²) in [7, 11) is 0. The lowest BCUT2D eigenvalue weighted by Gasteiger charge is -2.32. The van der Waals surface area contributed by atoms with Gasteiger partial charge in [-0.1, -0.05) is 12.1 Å². The van der Waals surface area contributed by atoms with Gasteiger partial charge in [0.15, 0.2) is 5.82 Å². The maximum absolute atomic E-state index is 12.1. The zero-order chi connectivity index (χ0) is 18.6. The smallest absolute Gasteiger partial charge is 0.223 e. The van der Waals surface area contributed by atoms with Crippen LogP contribution < -0.4 is 10.2 Å². The average molecular weight is 361 g/mol. The van der Waals surface area contributed by atoms with Crippen LogP contribution in [0.2, 0.25) is 0 Å². The van der Waals surface area contributed by atoms with Gasteiger partial charge in [-0.25, -0.2) is 9.97 Å². The number of amides is 1. The fraction of sp³-hybridized carbons (Fsp3) is 0.333. The van der Waals surface area contributed by atoms with Crippen LogP contribution in [0.25, 0.3) is 22.3 Å². The average Bonchev–Trinajstić information content (AvgIpc) is 2.74. The fourth-order valence-corrected chi connectivity index (χ4v) is 3.60. The highest BCUT2D eigenvalue weighted by Crippen LogP contribution is 2.30. The number of benzene rings is 1. The number of nitrogens with one attached hydrogen (secondary N) is 1. The van der Waals surface area contributed by atoms with Crippen LogP contribution in [0.3, 0.4) is 0 Å².